The minimum atomic E-state index is -0.273. The summed E-state index contributed by atoms with van der Waals surface area (Å²) in [4.78, 5) is 35.8. The van der Waals surface area contributed by atoms with Crippen molar-refractivity contribution < 1.29 is 14.4 Å². The van der Waals surface area contributed by atoms with Gasteiger partial charge in [0.25, 0.3) is 0 Å². The molecule has 2 rings (SSSR count). The average molecular weight is 389 g/mol. The van der Waals surface area contributed by atoms with Crippen molar-refractivity contribution in [3.63, 3.8) is 0 Å². The van der Waals surface area contributed by atoms with Gasteiger partial charge in [-0.25, -0.2) is 4.79 Å². The highest BCUT2D eigenvalue weighted by molar-refractivity contribution is 5.95. The third kappa shape index (κ3) is 7.21. The van der Waals surface area contributed by atoms with E-state index in [1.54, 1.807) is 0 Å². The molecule has 1 saturated carbocycles. The first-order chi connectivity index (χ1) is 13.3. The molecule has 154 valence electrons. The van der Waals surface area contributed by atoms with Gasteiger partial charge in [-0.3, -0.25) is 9.59 Å². The SMILES string of the molecule is Cc1cc(C)c(NC(=O)CNC(=O)CCNC(=O)NC2CCCCC2)c(C)c1. The number of nitrogens with one attached hydrogen (secondary N) is 4. The number of aryl methyl sites for hydroxylation is 3. The van der Waals surface area contributed by atoms with E-state index in [1.165, 1.54) is 6.42 Å². The summed E-state index contributed by atoms with van der Waals surface area (Å²) in [6.07, 6.45) is 5.70. The Labute approximate surface area is 167 Å². The summed E-state index contributed by atoms with van der Waals surface area (Å²) in [5.74, 6) is -0.545. The van der Waals surface area contributed by atoms with Crippen LogP contribution in [0.4, 0.5) is 10.5 Å². The Balaban J connectivity index is 1.64. The molecule has 1 fully saturated rings. The van der Waals surface area contributed by atoms with E-state index in [0.717, 1.165) is 48.1 Å². The monoisotopic (exact) mass is 388 g/mol. The molecule has 1 aromatic rings. The zero-order valence-corrected chi connectivity index (χ0v) is 17.1. The zero-order valence-electron chi connectivity index (χ0n) is 17.1. The van der Waals surface area contributed by atoms with Gasteiger partial charge in [-0.05, 0) is 44.7 Å². The lowest BCUT2D eigenvalue weighted by atomic mass is 9.96. The fourth-order valence-electron chi connectivity index (χ4n) is 3.60. The van der Waals surface area contributed by atoms with Crippen molar-refractivity contribution in [2.45, 2.75) is 65.3 Å². The molecule has 4 amide bonds. The minimum Gasteiger partial charge on any atom is -0.347 e. The third-order valence-electron chi connectivity index (χ3n) is 4.97. The van der Waals surface area contributed by atoms with Gasteiger partial charge >= 0.3 is 6.03 Å². The van der Waals surface area contributed by atoms with Gasteiger partial charge < -0.3 is 21.3 Å². The topological polar surface area (TPSA) is 99.3 Å². The number of carbonyl (C=O) groups is 3. The molecule has 0 saturated heterocycles. The van der Waals surface area contributed by atoms with E-state index in [1.807, 2.05) is 32.9 Å². The summed E-state index contributed by atoms with van der Waals surface area (Å²) < 4.78 is 0. The van der Waals surface area contributed by atoms with Crippen LogP contribution in [0.25, 0.3) is 0 Å². The average Bonchev–Trinajstić information content (AvgIpc) is 2.64. The molecule has 1 aliphatic carbocycles. The number of benzene rings is 1. The van der Waals surface area contributed by atoms with Crippen LogP contribution in [0.3, 0.4) is 0 Å². The number of amides is 4. The highest BCUT2D eigenvalue weighted by Gasteiger charge is 2.15. The molecular weight excluding hydrogens is 356 g/mol. The van der Waals surface area contributed by atoms with Crippen LogP contribution in [-0.4, -0.2) is 37.0 Å². The Morgan fingerprint density at radius 2 is 1.57 bits per heavy atom. The lowest BCUT2D eigenvalue weighted by molar-refractivity contribution is -0.124. The van der Waals surface area contributed by atoms with Gasteiger partial charge in [0.1, 0.15) is 0 Å². The maximum absolute atomic E-state index is 12.1. The number of anilines is 1. The van der Waals surface area contributed by atoms with Crippen molar-refractivity contribution in [1.29, 1.82) is 0 Å². The summed E-state index contributed by atoms with van der Waals surface area (Å²) in [6.45, 7) is 6.04. The predicted octanol–water partition coefficient (Wildman–Crippen LogP) is 2.69. The quantitative estimate of drug-likeness (QED) is 0.578. The van der Waals surface area contributed by atoms with Crippen molar-refractivity contribution in [3.8, 4) is 0 Å². The van der Waals surface area contributed by atoms with E-state index >= 15 is 0 Å². The van der Waals surface area contributed by atoms with Crippen LogP contribution in [-0.2, 0) is 9.59 Å². The molecule has 4 N–H and O–H groups in total. The third-order valence-corrected chi connectivity index (χ3v) is 4.97. The maximum Gasteiger partial charge on any atom is 0.315 e. The molecule has 7 heteroatoms. The Morgan fingerprint density at radius 3 is 2.21 bits per heavy atom. The summed E-state index contributed by atoms with van der Waals surface area (Å²) >= 11 is 0. The van der Waals surface area contributed by atoms with Crippen molar-refractivity contribution in [3.05, 3.63) is 28.8 Å². The summed E-state index contributed by atoms with van der Waals surface area (Å²) in [5, 5.41) is 11.1. The molecule has 0 atom stereocenters. The number of rotatable bonds is 7. The largest absolute Gasteiger partial charge is 0.347 e. The number of carbonyl (C=O) groups excluding carboxylic acids is 3. The Kier molecular flexibility index (Phi) is 8.29. The van der Waals surface area contributed by atoms with E-state index in [9.17, 15) is 14.4 Å². The molecule has 0 bridgehead atoms. The zero-order chi connectivity index (χ0) is 20.5. The second-order valence-electron chi connectivity index (χ2n) is 7.58. The normalized spacial score (nSPS) is 14.2. The predicted molar refractivity (Wildman–Crippen MR) is 110 cm³/mol. The van der Waals surface area contributed by atoms with Crippen LogP contribution in [0.1, 0.15) is 55.2 Å². The standard InChI is InChI=1S/C21H32N4O3/c1-14-11-15(2)20(16(3)12-14)25-19(27)13-23-18(26)9-10-22-21(28)24-17-7-5-4-6-8-17/h11-12,17H,4-10,13H2,1-3H3,(H,23,26)(H,25,27)(H2,22,24,28). The summed E-state index contributed by atoms with van der Waals surface area (Å²) in [6, 6.07) is 4.01. The van der Waals surface area contributed by atoms with Crippen LogP contribution >= 0.6 is 0 Å². The molecule has 0 radical (unpaired) electrons. The van der Waals surface area contributed by atoms with Gasteiger partial charge in [0.2, 0.25) is 11.8 Å². The van der Waals surface area contributed by atoms with Crippen molar-refractivity contribution in [1.82, 2.24) is 16.0 Å². The van der Waals surface area contributed by atoms with Crippen LogP contribution in [0, 0.1) is 20.8 Å². The molecule has 0 aliphatic heterocycles. The second-order valence-corrected chi connectivity index (χ2v) is 7.58. The van der Waals surface area contributed by atoms with Gasteiger partial charge in [-0.15, -0.1) is 0 Å². The second kappa shape index (κ2) is 10.7. The molecule has 0 unspecified atom stereocenters. The highest BCUT2D eigenvalue weighted by Crippen LogP contribution is 2.21. The molecule has 0 heterocycles. The fourth-order valence-corrected chi connectivity index (χ4v) is 3.60. The van der Waals surface area contributed by atoms with Gasteiger partial charge in [0.15, 0.2) is 0 Å². The molecule has 1 aromatic carbocycles. The minimum absolute atomic E-state index is 0.0974. The van der Waals surface area contributed by atoms with Crippen molar-refractivity contribution in [2.75, 3.05) is 18.4 Å². The van der Waals surface area contributed by atoms with E-state index in [4.69, 9.17) is 0 Å². The van der Waals surface area contributed by atoms with Crippen LogP contribution in [0.15, 0.2) is 12.1 Å². The number of hydrogen-bond donors (Lipinski definition) is 4. The van der Waals surface area contributed by atoms with Crippen molar-refractivity contribution >= 4 is 23.5 Å². The molecular formula is C21H32N4O3. The van der Waals surface area contributed by atoms with Gasteiger partial charge in [-0.2, -0.15) is 0 Å². The van der Waals surface area contributed by atoms with Crippen LogP contribution in [0.2, 0.25) is 0 Å². The first-order valence-electron chi connectivity index (χ1n) is 10.0. The molecule has 1 aliphatic rings. The number of hydrogen-bond acceptors (Lipinski definition) is 3. The molecule has 7 nitrogen and oxygen atoms in total. The van der Waals surface area contributed by atoms with Crippen molar-refractivity contribution in [2.24, 2.45) is 0 Å². The Hall–Kier alpha value is -2.57. The van der Waals surface area contributed by atoms with E-state index in [-0.39, 0.29) is 43.4 Å². The van der Waals surface area contributed by atoms with E-state index in [0.29, 0.717) is 0 Å². The molecule has 0 aromatic heterocycles. The first-order valence-corrected chi connectivity index (χ1v) is 10.0. The summed E-state index contributed by atoms with van der Waals surface area (Å²) in [7, 11) is 0. The van der Waals surface area contributed by atoms with E-state index < -0.39 is 0 Å². The lowest BCUT2D eigenvalue weighted by Gasteiger charge is -2.22. The van der Waals surface area contributed by atoms with Gasteiger partial charge in [-0.1, -0.05) is 37.0 Å². The highest BCUT2D eigenvalue weighted by atomic mass is 16.2. The Morgan fingerprint density at radius 1 is 0.929 bits per heavy atom. The maximum atomic E-state index is 12.1. The fraction of sp³-hybridized carbons (Fsp3) is 0.571. The smallest absolute Gasteiger partial charge is 0.315 e. The van der Waals surface area contributed by atoms with Gasteiger partial charge in [0, 0.05) is 24.7 Å². The molecule has 0 spiro atoms. The van der Waals surface area contributed by atoms with E-state index in [2.05, 4.69) is 21.3 Å². The lowest BCUT2D eigenvalue weighted by Crippen LogP contribution is -2.44. The summed E-state index contributed by atoms with van der Waals surface area (Å²) in [5.41, 5.74) is 3.91. The first kappa shape index (κ1) is 21.7. The Bertz CT molecular complexity index is 689. The van der Waals surface area contributed by atoms with Crippen LogP contribution in [0.5, 0.6) is 0 Å². The van der Waals surface area contributed by atoms with Crippen LogP contribution < -0.4 is 21.3 Å². The van der Waals surface area contributed by atoms with Gasteiger partial charge in [0.05, 0.1) is 6.54 Å². The number of urea groups is 1. The molecule has 28 heavy (non-hydrogen) atoms.